The van der Waals surface area contributed by atoms with Crippen LogP contribution in [0, 0.1) is 0 Å². The number of aromatic nitrogens is 2. The Bertz CT molecular complexity index is 616. The van der Waals surface area contributed by atoms with E-state index in [1.807, 2.05) is 25.0 Å². The highest BCUT2D eigenvalue weighted by atomic mass is 16.1. The average Bonchev–Trinajstić information content (AvgIpc) is 2.99. The average molecular weight is 314 g/mol. The summed E-state index contributed by atoms with van der Waals surface area (Å²) in [5.41, 5.74) is 3.28. The normalized spacial score (nSPS) is 11.0. The number of hydrogen-bond acceptors (Lipinski definition) is 3. The van der Waals surface area contributed by atoms with E-state index in [1.54, 1.807) is 6.20 Å². The lowest BCUT2D eigenvalue weighted by Crippen LogP contribution is -2.18. The van der Waals surface area contributed by atoms with E-state index >= 15 is 0 Å². The molecule has 0 spiro atoms. The maximum absolute atomic E-state index is 12.0. The number of nitrogens with one attached hydrogen (secondary N) is 1. The van der Waals surface area contributed by atoms with Crippen LogP contribution in [0.5, 0.6) is 0 Å². The van der Waals surface area contributed by atoms with Gasteiger partial charge < -0.3 is 10.2 Å². The summed E-state index contributed by atoms with van der Waals surface area (Å²) in [6, 6.07) is 8.46. The number of hydrogen-bond donors (Lipinski definition) is 1. The van der Waals surface area contributed by atoms with Crippen LogP contribution >= 0.6 is 0 Å². The van der Waals surface area contributed by atoms with Gasteiger partial charge in [-0.05, 0) is 38.1 Å². The second-order valence-electron chi connectivity index (χ2n) is 6.01. The van der Waals surface area contributed by atoms with E-state index < -0.39 is 0 Å². The molecule has 1 heterocycles. The number of carbonyl (C=O) groups excluding carboxylic acids is 1. The molecule has 0 fully saturated rings. The maximum atomic E-state index is 12.0. The summed E-state index contributed by atoms with van der Waals surface area (Å²) in [6.07, 6.45) is 5.85. The van der Waals surface area contributed by atoms with E-state index in [2.05, 4.69) is 46.5 Å². The first-order valence-electron chi connectivity index (χ1n) is 8.11. The molecular formula is C18H26N4O. The van der Waals surface area contributed by atoms with Crippen molar-refractivity contribution in [2.75, 3.05) is 26.0 Å². The van der Waals surface area contributed by atoms with Gasteiger partial charge in [0.1, 0.15) is 0 Å². The standard InChI is InChI=1S/C18H26N4O/c1-4-15-5-7-16(8-6-15)9-10-18(23)20-17-13-19-22(14-17)12-11-21(2)3/h5-8,13-14H,4,9-12H2,1-3H3,(H,20,23). The number of rotatable bonds is 8. The fourth-order valence-electron chi connectivity index (χ4n) is 2.28. The number of carbonyl (C=O) groups is 1. The number of amides is 1. The van der Waals surface area contributed by atoms with Gasteiger partial charge in [-0.2, -0.15) is 5.10 Å². The van der Waals surface area contributed by atoms with E-state index in [-0.39, 0.29) is 5.91 Å². The van der Waals surface area contributed by atoms with Crippen LogP contribution in [0.15, 0.2) is 36.7 Å². The van der Waals surface area contributed by atoms with Crippen LogP contribution in [-0.4, -0.2) is 41.2 Å². The van der Waals surface area contributed by atoms with E-state index in [0.29, 0.717) is 6.42 Å². The molecule has 2 aromatic rings. The predicted octanol–water partition coefficient (Wildman–Crippen LogP) is 2.58. The van der Waals surface area contributed by atoms with Crippen LogP contribution in [0.2, 0.25) is 0 Å². The minimum atomic E-state index is 0.0247. The van der Waals surface area contributed by atoms with Crippen molar-refractivity contribution in [3.8, 4) is 0 Å². The van der Waals surface area contributed by atoms with E-state index in [0.717, 1.165) is 31.6 Å². The van der Waals surface area contributed by atoms with E-state index in [4.69, 9.17) is 0 Å². The summed E-state index contributed by atoms with van der Waals surface area (Å²) in [6.45, 7) is 3.87. The molecule has 0 aliphatic carbocycles. The van der Waals surface area contributed by atoms with Crippen molar-refractivity contribution in [1.82, 2.24) is 14.7 Å². The van der Waals surface area contributed by atoms with Crippen LogP contribution in [0.25, 0.3) is 0 Å². The first-order valence-corrected chi connectivity index (χ1v) is 8.11. The van der Waals surface area contributed by atoms with E-state index in [1.165, 1.54) is 11.1 Å². The van der Waals surface area contributed by atoms with Crippen molar-refractivity contribution in [3.05, 3.63) is 47.8 Å². The maximum Gasteiger partial charge on any atom is 0.224 e. The molecule has 0 atom stereocenters. The van der Waals surface area contributed by atoms with Crippen LogP contribution in [0.1, 0.15) is 24.5 Å². The minimum absolute atomic E-state index is 0.0247. The number of likely N-dealkylation sites (N-methyl/N-ethyl adjacent to an activating group) is 1. The Balaban J connectivity index is 1.77. The highest BCUT2D eigenvalue weighted by Gasteiger charge is 2.05. The topological polar surface area (TPSA) is 50.2 Å². The number of anilines is 1. The van der Waals surface area contributed by atoms with Crippen LogP contribution in [0.4, 0.5) is 5.69 Å². The molecule has 2 rings (SSSR count). The Hall–Kier alpha value is -2.14. The smallest absolute Gasteiger partial charge is 0.224 e. The molecule has 0 saturated carbocycles. The largest absolute Gasteiger partial charge is 0.323 e. The second kappa shape index (κ2) is 8.48. The van der Waals surface area contributed by atoms with Crippen LogP contribution < -0.4 is 5.32 Å². The van der Waals surface area contributed by atoms with Crippen molar-refractivity contribution < 1.29 is 4.79 Å². The third-order valence-electron chi connectivity index (χ3n) is 3.77. The zero-order valence-electron chi connectivity index (χ0n) is 14.2. The predicted molar refractivity (Wildman–Crippen MR) is 93.6 cm³/mol. The molecule has 1 N–H and O–H groups in total. The molecule has 0 unspecified atom stereocenters. The summed E-state index contributed by atoms with van der Waals surface area (Å²) in [5, 5.41) is 7.16. The van der Waals surface area contributed by atoms with Gasteiger partial charge in [0.15, 0.2) is 0 Å². The molecule has 124 valence electrons. The van der Waals surface area contributed by atoms with Crippen LogP contribution in [-0.2, 0) is 24.2 Å². The van der Waals surface area contributed by atoms with Crippen molar-refractivity contribution in [2.45, 2.75) is 32.7 Å². The molecule has 0 aliphatic rings. The first-order chi connectivity index (χ1) is 11.1. The van der Waals surface area contributed by atoms with Gasteiger partial charge in [-0.15, -0.1) is 0 Å². The van der Waals surface area contributed by atoms with Gasteiger partial charge in [-0.25, -0.2) is 0 Å². The first kappa shape index (κ1) is 17.2. The highest BCUT2D eigenvalue weighted by molar-refractivity contribution is 5.90. The van der Waals surface area contributed by atoms with Crippen LogP contribution in [0.3, 0.4) is 0 Å². The number of aryl methyl sites for hydroxylation is 2. The lowest BCUT2D eigenvalue weighted by molar-refractivity contribution is -0.116. The minimum Gasteiger partial charge on any atom is -0.323 e. The quantitative estimate of drug-likeness (QED) is 0.815. The van der Waals surface area contributed by atoms with Gasteiger partial charge in [0.05, 0.1) is 18.4 Å². The second-order valence-corrected chi connectivity index (χ2v) is 6.01. The van der Waals surface area contributed by atoms with Gasteiger partial charge in [0, 0.05) is 19.2 Å². The SMILES string of the molecule is CCc1ccc(CCC(=O)Nc2cnn(CCN(C)C)c2)cc1. The molecule has 5 nitrogen and oxygen atoms in total. The van der Waals surface area contributed by atoms with Gasteiger partial charge in [0.25, 0.3) is 0 Å². The molecule has 0 radical (unpaired) electrons. The molecule has 0 saturated heterocycles. The fourth-order valence-corrected chi connectivity index (χ4v) is 2.28. The Morgan fingerprint density at radius 2 is 1.91 bits per heavy atom. The zero-order valence-corrected chi connectivity index (χ0v) is 14.2. The molecular weight excluding hydrogens is 288 g/mol. The van der Waals surface area contributed by atoms with Gasteiger partial charge in [-0.1, -0.05) is 31.2 Å². The van der Waals surface area contributed by atoms with Gasteiger partial charge in [-0.3, -0.25) is 9.48 Å². The molecule has 5 heteroatoms. The van der Waals surface area contributed by atoms with Gasteiger partial charge in [0.2, 0.25) is 5.91 Å². The molecule has 1 amide bonds. The molecule has 23 heavy (non-hydrogen) atoms. The van der Waals surface area contributed by atoms with Crippen molar-refractivity contribution in [3.63, 3.8) is 0 Å². The third-order valence-corrected chi connectivity index (χ3v) is 3.77. The number of benzene rings is 1. The molecule has 0 aliphatic heterocycles. The lowest BCUT2D eigenvalue weighted by Gasteiger charge is -2.08. The fraction of sp³-hybridized carbons (Fsp3) is 0.444. The summed E-state index contributed by atoms with van der Waals surface area (Å²) in [4.78, 5) is 14.1. The van der Waals surface area contributed by atoms with Gasteiger partial charge >= 0.3 is 0 Å². The summed E-state index contributed by atoms with van der Waals surface area (Å²) in [7, 11) is 4.05. The molecule has 1 aromatic carbocycles. The Kier molecular flexibility index (Phi) is 6.35. The number of nitrogens with zero attached hydrogens (tertiary/aromatic N) is 3. The summed E-state index contributed by atoms with van der Waals surface area (Å²) in [5.74, 6) is 0.0247. The molecule has 1 aromatic heterocycles. The Morgan fingerprint density at radius 1 is 1.22 bits per heavy atom. The monoisotopic (exact) mass is 314 g/mol. The van der Waals surface area contributed by atoms with Crippen molar-refractivity contribution >= 4 is 11.6 Å². The lowest BCUT2D eigenvalue weighted by atomic mass is 10.1. The molecule has 0 bridgehead atoms. The summed E-state index contributed by atoms with van der Waals surface area (Å²) < 4.78 is 1.85. The summed E-state index contributed by atoms with van der Waals surface area (Å²) >= 11 is 0. The third kappa shape index (κ3) is 5.87. The Labute approximate surface area is 138 Å². The Morgan fingerprint density at radius 3 is 2.57 bits per heavy atom. The zero-order chi connectivity index (χ0) is 16.7. The van der Waals surface area contributed by atoms with E-state index in [9.17, 15) is 4.79 Å². The van der Waals surface area contributed by atoms with Crippen molar-refractivity contribution in [1.29, 1.82) is 0 Å². The van der Waals surface area contributed by atoms with Crippen molar-refractivity contribution in [2.24, 2.45) is 0 Å². The highest BCUT2D eigenvalue weighted by Crippen LogP contribution is 2.09.